The van der Waals surface area contributed by atoms with E-state index in [9.17, 15) is 13.5 Å². The molecular formula is C10H21NO3S. The van der Waals surface area contributed by atoms with Gasteiger partial charge in [-0.05, 0) is 32.6 Å². The number of nitrogens with zero attached hydrogens (tertiary/aromatic N) is 1. The van der Waals surface area contributed by atoms with Gasteiger partial charge in [0.2, 0.25) is 10.0 Å². The van der Waals surface area contributed by atoms with E-state index in [2.05, 4.69) is 0 Å². The van der Waals surface area contributed by atoms with Gasteiger partial charge >= 0.3 is 0 Å². The van der Waals surface area contributed by atoms with Crippen LogP contribution in [-0.2, 0) is 10.0 Å². The van der Waals surface area contributed by atoms with E-state index >= 15 is 0 Å². The molecule has 1 N–H and O–H groups in total. The van der Waals surface area contributed by atoms with Crippen LogP contribution in [0.15, 0.2) is 0 Å². The van der Waals surface area contributed by atoms with E-state index in [4.69, 9.17) is 0 Å². The Kier molecular flexibility index (Phi) is 4.55. The molecule has 5 heteroatoms. The Hall–Kier alpha value is -0.130. The summed E-state index contributed by atoms with van der Waals surface area (Å²) in [5.74, 6) is 0.226. The second kappa shape index (κ2) is 5.27. The third-order valence-electron chi connectivity index (χ3n) is 2.76. The topological polar surface area (TPSA) is 57.6 Å². The molecule has 0 aromatic rings. The van der Waals surface area contributed by atoms with Gasteiger partial charge in [0.25, 0.3) is 0 Å². The van der Waals surface area contributed by atoms with Crippen molar-refractivity contribution in [3.8, 4) is 0 Å². The molecule has 0 bridgehead atoms. The molecule has 1 aliphatic rings. The first-order chi connectivity index (χ1) is 6.97. The van der Waals surface area contributed by atoms with Crippen molar-refractivity contribution in [1.82, 2.24) is 4.31 Å². The molecule has 0 saturated carbocycles. The van der Waals surface area contributed by atoms with Crippen LogP contribution in [0.3, 0.4) is 0 Å². The first kappa shape index (κ1) is 12.9. The zero-order valence-electron chi connectivity index (χ0n) is 9.52. The van der Waals surface area contributed by atoms with E-state index in [-0.39, 0.29) is 11.8 Å². The number of aliphatic hydroxyl groups is 1. The normalized spacial score (nSPS) is 25.7. The van der Waals surface area contributed by atoms with Gasteiger partial charge in [-0.25, -0.2) is 8.42 Å². The van der Waals surface area contributed by atoms with Crippen LogP contribution in [0.2, 0.25) is 0 Å². The van der Waals surface area contributed by atoms with E-state index in [1.807, 2.05) is 6.92 Å². The van der Waals surface area contributed by atoms with Crippen molar-refractivity contribution in [1.29, 1.82) is 0 Å². The summed E-state index contributed by atoms with van der Waals surface area (Å²) >= 11 is 0. The van der Waals surface area contributed by atoms with Crippen molar-refractivity contribution in [2.45, 2.75) is 51.7 Å². The molecule has 90 valence electrons. The minimum atomic E-state index is -3.08. The van der Waals surface area contributed by atoms with Crippen molar-refractivity contribution < 1.29 is 13.5 Å². The van der Waals surface area contributed by atoms with Crippen LogP contribution in [-0.4, -0.2) is 42.3 Å². The summed E-state index contributed by atoms with van der Waals surface area (Å²) in [6, 6.07) is 0.0153. The standard InChI is InChI=1S/C10H21NO3S/c1-3-7-15(13,14)11-6-4-5-10(11)8-9(2)12/h9-10,12H,3-8H2,1-2H3. The monoisotopic (exact) mass is 235 g/mol. The van der Waals surface area contributed by atoms with Crippen molar-refractivity contribution >= 4 is 10.0 Å². The molecule has 0 aromatic heterocycles. The fourth-order valence-corrected chi connectivity index (χ4v) is 3.98. The lowest BCUT2D eigenvalue weighted by molar-refractivity contribution is 0.158. The minimum absolute atomic E-state index is 0.0153. The Morgan fingerprint density at radius 2 is 2.20 bits per heavy atom. The van der Waals surface area contributed by atoms with Gasteiger partial charge in [0.15, 0.2) is 0 Å². The largest absolute Gasteiger partial charge is 0.393 e. The van der Waals surface area contributed by atoms with Gasteiger partial charge in [-0.3, -0.25) is 0 Å². The number of hydrogen-bond donors (Lipinski definition) is 1. The second-order valence-corrected chi connectivity index (χ2v) is 6.35. The zero-order chi connectivity index (χ0) is 11.5. The molecule has 1 saturated heterocycles. The van der Waals surface area contributed by atoms with Crippen LogP contribution < -0.4 is 0 Å². The van der Waals surface area contributed by atoms with Crippen molar-refractivity contribution in [2.24, 2.45) is 0 Å². The number of sulfonamides is 1. The first-order valence-corrected chi connectivity index (χ1v) is 7.26. The van der Waals surface area contributed by atoms with Gasteiger partial charge in [-0.2, -0.15) is 4.31 Å². The van der Waals surface area contributed by atoms with E-state index < -0.39 is 16.1 Å². The van der Waals surface area contributed by atoms with Crippen molar-refractivity contribution in [3.63, 3.8) is 0 Å². The quantitative estimate of drug-likeness (QED) is 0.772. The maximum atomic E-state index is 11.9. The summed E-state index contributed by atoms with van der Waals surface area (Å²) in [5, 5.41) is 9.30. The SMILES string of the molecule is CCCS(=O)(=O)N1CCCC1CC(C)O. The summed E-state index contributed by atoms with van der Waals surface area (Å²) < 4.78 is 25.3. The van der Waals surface area contributed by atoms with Gasteiger partial charge in [-0.1, -0.05) is 6.92 Å². The second-order valence-electron chi connectivity index (χ2n) is 4.31. The highest BCUT2D eigenvalue weighted by Gasteiger charge is 2.33. The van der Waals surface area contributed by atoms with E-state index in [0.717, 1.165) is 12.8 Å². The third-order valence-corrected chi connectivity index (χ3v) is 4.88. The fourth-order valence-electron chi connectivity index (χ4n) is 2.18. The zero-order valence-corrected chi connectivity index (χ0v) is 10.3. The Morgan fingerprint density at radius 3 is 2.73 bits per heavy atom. The average Bonchev–Trinajstić information content (AvgIpc) is 2.51. The Balaban J connectivity index is 2.67. The molecule has 2 unspecified atom stereocenters. The molecule has 1 rings (SSSR count). The molecule has 2 atom stereocenters. The number of rotatable bonds is 5. The smallest absolute Gasteiger partial charge is 0.214 e. The van der Waals surface area contributed by atoms with E-state index in [1.165, 1.54) is 0 Å². The van der Waals surface area contributed by atoms with E-state index in [0.29, 0.717) is 19.4 Å². The van der Waals surface area contributed by atoms with Crippen LogP contribution in [0.5, 0.6) is 0 Å². The highest BCUT2D eigenvalue weighted by atomic mass is 32.2. The van der Waals surface area contributed by atoms with Crippen molar-refractivity contribution in [3.05, 3.63) is 0 Å². The van der Waals surface area contributed by atoms with Crippen molar-refractivity contribution in [2.75, 3.05) is 12.3 Å². The van der Waals surface area contributed by atoms with E-state index in [1.54, 1.807) is 11.2 Å². The minimum Gasteiger partial charge on any atom is -0.393 e. The third kappa shape index (κ3) is 3.43. The molecule has 15 heavy (non-hydrogen) atoms. The lowest BCUT2D eigenvalue weighted by atomic mass is 10.1. The fraction of sp³-hybridized carbons (Fsp3) is 1.00. The molecule has 0 radical (unpaired) electrons. The van der Waals surface area contributed by atoms with Gasteiger partial charge < -0.3 is 5.11 Å². The Bertz CT molecular complexity index is 287. The molecular weight excluding hydrogens is 214 g/mol. The molecule has 1 heterocycles. The lowest BCUT2D eigenvalue weighted by Gasteiger charge is -2.24. The molecule has 0 aliphatic carbocycles. The maximum absolute atomic E-state index is 11.9. The summed E-state index contributed by atoms with van der Waals surface area (Å²) in [6.07, 6.45) is 2.59. The Labute approximate surface area is 92.3 Å². The van der Waals surface area contributed by atoms with Crippen LogP contribution >= 0.6 is 0 Å². The van der Waals surface area contributed by atoms with Crippen LogP contribution in [0.4, 0.5) is 0 Å². The summed E-state index contributed by atoms with van der Waals surface area (Å²) in [5.41, 5.74) is 0. The molecule has 4 nitrogen and oxygen atoms in total. The van der Waals surface area contributed by atoms with Gasteiger partial charge in [0, 0.05) is 12.6 Å². The lowest BCUT2D eigenvalue weighted by Crippen LogP contribution is -2.38. The number of aliphatic hydroxyl groups excluding tert-OH is 1. The molecule has 0 spiro atoms. The molecule has 1 aliphatic heterocycles. The Morgan fingerprint density at radius 1 is 1.53 bits per heavy atom. The van der Waals surface area contributed by atoms with Crippen LogP contribution in [0.1, 0.15) is 39.5 Å². The average molecular weight is 235 g/mol. The first-order valence-electron chi connectivity index (χ1n) is 5.65. The van der Waals surface area contributed by atoms with Gasteiger partial charge in [0.1, 0.15) is 0 Å². The predicted octanol–water partition coefficient (Wildman–Crippen LogP) is 0.962. The molecule has 0 aromatic carbocycles. The van der Waals surface area contributed by atoms with Crippen LogP contribution in [0, 0.1) is 0 Å². The highest BCUT2D eigenvalue weighted by Crippen LogP contribution is 2.25. The molecule has 0 amide bonds. The van der Waals surface area contributed by atoms with Crippen LogP contribution in [0.25, 0.3) is 0 Å². The van der Waals surface area contributed by atoms with Gasteiger partial charge in [0.05, 0.1) is 11.9 Å². The summed E-state index contributed by atoms with van der Waals surface area (Å²) in [6.45, 7) is 4.21. The number of hydrogen-bond acceptors (Lipinski definition) is 3. The maximum Gasteiger partial charge on any atom is 0.214 e. The summed E-state index contributed by atoms with van der Waals surface area (Å²) in [4.78, 5) is 0. The van der Waals surface area contributed by atoms with Gasteiger partial charge in [-0.15, -0.1) is 0 Å². The predicted molar refractivity (Wildman–Crippen MR) is 60.1 cm³/mol. The highest BCUT2D eigenvalue weighted by molar-refractivity contribution is 7.89. The summed E-state index contributed by atoms with van der Waals surface area (Å²) in [7, 11) is -3.08. The molecule has 1 fully saturated rings.